The molecule has 1 saturated carbocycles. The minimum Gasteiger partial charge on any atom is -0.382 e. The number of benzene rings is 1. The molecule has 2 aliphatic carbocycles. The van der Waals surface area contributed by atoms with Crippen LogP contribution in [0.5, 0.6) is 0 Å². The maximum Gasteiger partial charge on any atom is 0.145 e. The first-order valence-electron chi connectivity index (χ1n) is 7.84. The topological polar surface area (TPSA) is 56.2 Å². The zero-order chi connectivity index (χ0) is 14.9. The summed E-state index contributed by atoms with van der Waals surface area (Å²) in [5.74, 6) is 2.63. The zero-order valence-electron chi connectivity index (χ0n) is 12.2. The highest BCUT2D eigenvalue weighted by atomic mass is 79.9. The fourth-order valence-corrected chi connectivity index (χ4v) is 4.16. The van der Waals surface area contributed by atoms with Gasteiger partial charge in [0.1, 0.15) is 22.9 Å². The number of nitrogens with two attached hydrogens (primary N) is 1. The van der Waals surface area contributed by atoms with Crippen molar-refractivity contribution >= 4 is 21.8 Å². The summed E-state index contributed by atoms with van der Waals surface area (Å²) >= 11 is 3.58. The number of hydrogen-bond donors (Lipinski definition) is 1. The quantitative estimate of drug-likeness (QED) is 0.899. The summed E-state index contributed by atoms with van der Waals surface area (Å²) in [5.41, 5.74) is 9.76. The molecule has 22 heavy (non-hydrogen) atoms. The summed E-state index contributed by atoms with van der Waals surface area (Å²) in [6.07, 6.45) is 6.62. The third-order valence-corrected chi connectivity index (χ3v) is 5.67. The van der Waals surface area contributed by atoms with Gasteiger partial charge in [-0.3, -0.25) is 4.99 Å². The molecule has 1 fully saturated rings. The molecule has 0 bridgehead atoms. The van der Waals surface area contributed by atoms with Crippen molar-refractivity contribution in [3.8, 4) is 0 Å². The molecule has 2 N–H and O–H groups in total. The van der Waals surface area contributed by atoms with Crippen molar-refractivity contribution in [3.05, 3.63) is 51.5 Å². The van der Waals surface area contributed by atoms with E-state index in [4.69, 9.17) is 10.7 Å². The van der Waals surface area contributed by atoms with Crippen LogP contribution in [0.15, 0.2) is 33.9 Å². The molecular weight excluding hydrogens is 340 g/mol. The SMILES string of the molecule is NC1=N[C@@]2(Cc3ccc(Br)cc32)Cn2c1cnc2CC1CC1. The van der Waals surface area contributed by atoms with Gasteiger partial charge in [-0.15, -0.1) is 0 Å². The highest BCUT2D eigenvalue weighted by Gasteiger charge is 2.46. The smallest absolute Gasteiger partial charge is 0.145 e. The number of nitrogens with zero attached hydrogens (tertiary/aromatic N) is 3. The number of imidazole rings is 1. The van der Waals surface area contributed by atoms with Gasteiger partial charge in [0, 0.05) is 17.3 Å². The summed E-state index contributed by atoms with van der Waals surface area (Å²) < 4.78 is 3.42. The largest absolute Gasteiger partial charge is 0.382 e. The van der Waals surface area contributed by atoms with Crippen LogP contribution in [0.3, 0.4) is 0 Å². The monoisotopic (exact) mass is 356 g/mol. The summed E-state index contributed by atoms with van der Waals surface area (Å²) in [7, 11) is 0. The number of hydrogen-bond acceptors (Lipinski definition) is 3. The van der Waals surface area contributed by atoms with Crippen molar-refractivity contribution in [3.63, 3.8) is 0 Å². The average Bonchev–Trinajstić information content (AvgIpc) is 3.21. The predicted molar refractivity (Wildman–Crippen MR) is 88.9 cm³/mol. The number of aliphatic imine (C=N–C) groups is 1. The molecule has 0 unspecified atom stereocenters. The van der Waals surface area contributed by atoms with E-state index in [-0.39, 0.29) is 5.54 Å². The highest BCUT2D eigenvalue weighted by Crippen LogP contribution is 2.47. The predicted octanol–water partition coefficient (Wildman–Crippen LogP) is 2.77. The van der Waals surface area contributed by atoms with Gasteiger partial charge in [-0.25, -0.2) is 4.98 Å². The molecule has 112 valence electrons. The lowest BCUT2D eigenvalue weighted by molar-refractivity contribution is 0.314. The molecule has 5 rings (SSSR count). The van der Waals surface area contributed by atoms with Gasteiger partial charge in [0.2, 0.25) is 0 Å². The maximum atomic E-state index is 6.26. The molecule has 1 aromatic heterocycles. The minimum absolute atomic E-state index is 0.185. The second-order valence-corrected chi connectivity index (χ2v) is 7.72. The Balaban J connectivity index is 1.59. The summed E-state index contributed by atoms with van der Waals surface area (Å²) in [4.78, 5) is 9.48. The molecule has 5 heteroatoms. The van der Waals surface area contributed by atoms with Gasteiger partial charge >= 0.3 is 0 Å². The lowest BCUT2D eigenvalue weighted by Crippen LogP contribution is -2.46. The third-order valence-electron chi connectivity index (χ3n) is 5.18. The van der Waals surface area contributed by atoms with Crippen molar-refractivity contribution in [1.82, 2.24) is 9.55 Å². The van der Waals surface area contributed by atoms with E-state index in [0.717, 1.165) is 35.5 Å². The first-order chi connectivity index (χ1) is 10.6. The standard InChI is InChI=1S/C17H17BrN4/c18-12-4-3-11-7-17(13(11)6-12)9-22-14(16(19)21-17)8-20-15(22)5-10-1-2-10/h3-4,6,8,10H,1-2,5,7,9H2,(H2,19,21)/t17-/m0/s1. The molecule has 2 heterocycles. The van der Waals surface area contributed by atoms with Crippen LogP contribution in [0.25, 0.3) is 0 Å². The second-order valence-electron chi connectivity index (χ2n) is 6.80. The van der Waals surface area contributed by atoms with Crippen molar-refractivity contribution in [2.24, 2.45) is 16.6 Å². The van der Waals surface area contributed by atoms with E-state index in [2.05, 4.69) is 43.7 Å². The fraction of sp³-hybridized carbons (Fsp3) is 0.412. The molecule has 2 aromatic rings. The zero-order valence-corrected chi connectivity index (χ0v) is 13.8. The molecule has 0 radical (unpaired) electrons. The van der Waals surface area contributed by atoms with E-state index in [9.17, 15) is 0 Å². The summed E-state index contributed by atoms with van der Waals surface area (Å²) in [5, 5.41) is 0. The molecule has 1 spiro atoms. The van der Waals surface area contributed by atoms with Gasteiger partial charge in [0.25, 0.3) is 0 Å². The lowest BCUT2D eigenvalue weighted by atomic mass is 9.70. The molecular formula is C17H17BrN4. The van der Waals surface area contributed by atoms with Gasteiger partial charge in [-0.1, -0.05) is 22.0 Å². The van der Waals surface area contributed by atoms with Gasteiger partial charge in [-0.2, -0.15) is 0 Å². The van der Waals surface area contributed by atoms with Crippen LogP contribution in [-0.4, -0.2) is 15.4 Å². The van der Waals surface area contributed by atoms with E-state index in [1.54, 1.807) is 0 Å². The molecule has 1 aromatic carbocycles. The Bertz CT molecular complexity index is 818. The van der Waals surface area contributed by atoms with Crippen LogP contribution in [-0.2, 0) is 24.9 Å². The normalized spacial score (nSPS) is 25.4. The van der Waals surface area contributed by atoms with Crippen LogP contribution in [0.4, 0.5) is 0 Å². The number of aromatic nitrogens is 2. The number of halogens is 1. The van der Waals surface area contributed by atoms with E-state index < -0.39 is 0 Å². The Morgan fingerprint density at radius 2 is 2.23 bits per heavy atom. The third kappa shape index (κ3) is 1.75. The van der Waals surface area contributed by atoms with Crippen LogP contribution in [0.1, 0.15) is 35.5 Å². The average molecular weight is 357 g/mol. The molecule has 1 aliphatic heterocycles. The number of amidine groups is 1. The van der Waals surface area contributed by atoms with E-state index >= 15 is 0 Å². The van der Waals surface area contributed by atoms with Crippen LogP contribution >= 0.6 is 15.9 Å². The number of rotatable bonds is 2. The highest BCUT2D eigenvalue weighted by molar-refractivity contribution is 9.10. The Hall–Kier alpha value is -1.62. The van der Waals surface area contributed by atoms with Crippen molar-refractivity contribution in [1.29, 1.82) is 0 Å². The Morgan fingerprint density at radius 3 is 3.05 bits per heavy atom. The molecule has 3 aliphatic rings. The van der Waals surface area contributed by atoms with Crippen LogP contribution in [0.2, 0.25) is 0 Å². The molecule has 4 nitrogen and oxygen atoms in total. The Morgan fingerprint density at radius 1 is 1.36 bits per heavy atom. The number of fused-ring (bicyclic) bond motifs is 3. The van der Waals surface area contributed by atoms with Gasteiger partial charge in [0.05, 0.1) is 12.7 Å². The first-order valence-corrected chi connectivity index (χ1v) is 8.63. The maximum absolute atomic E-state index is 6.26. The summed E-state index contributed by atoms with van der Waals surface area (Å²) in [6, 6.07) is 6.48. The van der Waals surface area contributed by atoms with Gasteiger partial charge < -0.3 is 10.3 Å². The minimum atomic E-state index is -0.185. The Kier molecular flexibility index (Phi) is 2.47. The van der Waals surface area contributed by atoms with Crippen molar-refractivity contribution in [2.75, 3.05) is 0 Å². The van der Waals surface area contributed by atoms with Crippen molar-refractivity contribution in [2.45, 2.75) is 37.8 Å². The van der Waals surface area contributed by atoms with E-state index in [1.165, 1.54) is 29.8 Å². The molecule has 0 saturated heterocycles. The van der Waals surface area contributed by atoms with Gasteiger partial charge in [0.15, 0.2) is 0 Å². The Labute approximate surface area is 137 Å². The second kappa shape index (κ2) is 4.22. The van der Waals surface area contributed by atoms with Gasteiger partial charge in [-0.05, 0) is 42.0 Å². The first kappa shape index (κ1) is 12.9. The fourth-order valence-electron chi connectivity index (χ4n) is 3.80. The lowest BCUT2D eigenvalue weighted by Gasteiger charge is -2.44. The van der Waals surface area contributed by atoms with E-state index in [1.807, 2.05) is 6.20 Å². The summed E-state index contributed by atoms with van der Waals surface area (Å²) in [6.45, 7) is 0.870. The van der Waals surface area contributed by atoms with Crippen LogP contribution < -0.4 is 5.73 Å². The molecule has 0 amide bonds. The van der Waals surface area contributed by atoms with Crippen LogP contribution in [0, 0.1) is 5.92 Å². The molecule has 1 atom stereocenters. The van der Waals surface area contributed by atoms with Crippen molar-refractivity contribution < 1.29 is 0 Å². The van der Waals surface area contributed by atoms with E-state index in [0.29, 0.717) is 5.84 Å².